The van der Waals surface area contributed by atoms with Crippen LogP contribution < -0.4 is 0 Å². The molecule has 4 saturated carbocycles. The van der Waals surface area contributed by atoms with Gasteiger partial charge in [0.15, 0.2) is 24.8 Å². The van der Waals surface area contributed by atoms with E-state index in [0.717, 1.165) is 0 Å². The molecule has 3 aromatic rings. The van der Waals surface area contributed by atoms with Crippen LogP contribution in [0.4, 0.5) is 30.7 Å². The number of carbonyl (C=O) groups excluding carboxylic acids is 2. The van der Waals surface area contributed by atoms with E-state index in [1.54, 1.807) is 0 Å². The second kappa shape index (κ2) is 14.4. The summed E-state index contributed by atoms with van der Waals surface area (Å²) in [6.45, 7) is -1.36. The van der Waals surface area contributed by atoms with E-state index < -0.39 is 63.5 Å². The molecule has 3 aromatic carbocycles. The summed E-state index contributed by atoms with van der Waals surface area (Å²) in [6, 6.07) is 32.2. The highest BCUT2D eigenvalue weighted by molar-refractivity contribution is 7.97. The van der Waals surface area contributed by atoms with Gasteiger partial charge in [0, 0.05) is 6.42 Å². The van der Waals surface area contributed by atoms with Crippen LogP contribution in [0.1, 0.15) is 44.9 Å². The molecule has 0 aromatic heterocycles. The molecule has 0 saturated heterocycles. The van der Waals surface area contributed by atoms with Gasteiger partial charge in [0.2, 0.25) is 0 Å². The SMILES string of the molecule is O=C(OC12CC3CC(C1)CC(C(=O)OCCC(F)(F)C(F)(F)S(=O)(=O)[O-])(C3)C2)C(F)(F)F.c1ccc([S+](c2ccccc2)c2ccccc2)cc1. The van der Waals surface area contributed by atoms with Crippen molar-refractivity contribution >= 4 is 33.0 Å². The molecule has 16 heteroatoms. The lowest BCUT2D eigenvalue weighted by Crippen LogP contribution is -2.60. The predicted molar refractivity (Wildman–Crippen MR) is 169 cm³/mol. The molecule has 0 spiro atoms. The molecule has 2 atom stereocenters. The lowest BCUT2D eigenvalue weighted by atomic mass is 9.48. The maximum Gasteiger partial charge on any atom is 0.490 e. The minimum Gasteiger partial charge on any atom is -0.743 e. The van der Waals surface area contributed by atoms with E-state index >= 15 is 0 Å². The standard InChI is InChI=1S/C18H15S.C17H19F7O7S/c1-4-10-16(11-5-1)19(17-12-6-2-7-13-17)18-14-8-3-9-15-18;18-15(19,17(23,24)32(27,28)29)1-2-30-11(25)13-4-9-3-10(5-13)7-14(6-9,8-13)31-12(26)16(20,21)22/h1-15H;9-10H,1-8H2,(H,27,28,29)/q+1;/p-1. The van der Waals surface area contributed by atoms with Crippen molar-refractivity contribution in [1.82, 2.24) is 0 Å². The first-order valence-electron chi connectivity index (χ1n) is 15.9. The maximum atomic E-state index is 13.5. The first kappa shape index (κ1) is 38.6. The molecule has 7 nitrogen and oxygen atoms in total. The van der Waals surface area contributed by atoms with Crippen LogP contribution in [0.5, 0.6) is 0 Å². The molecule has 0 radical (unpaired) electrons. The number of esters is 2. The van der Waals surface area contributed by atoms with Crippen LogP contribution in [-0.2, 0) is 40.1 Å². The highest BCUT2D eigenvalue weighted by Crippen LogP contribution is 2.63. The molecule has 4 fully saturated rings. The average Bonchev–Trinajstić information content (AvgIpc) is 3.05. The van der Waals surface area contributed by atoms with Crippen LogP contribution in [0.25, 0.3) is 0 Å². The van der Waals surface area contributed by atoms with Crippen molar-refractivity contribution in [2.45, 2.75) is 82.6 Å². The van der Waals surface area contributed by atoms with Gasteiger partial charge >= 0.3 is 29.3 Å². The Kier molecular flexibility index (Phi) is 10.9. The fraction of sp³-hybridized carbons (Fsp3) is 0.429. The number of rotatable bonds is 10. The van der Waals surface area contributed by atoms with Gasteiger partial charge in [-0.25, -0.2) is 13.2 Å². The molecule has 0 amide bonds. The van der Waals surface area contributed by atoms with E-state index in [4.69, 9.17) is 4.74 Å². The van der Waals surface area contributed by atoms with Crippen molar-refractivity contribution in [2.24, 2.45) is 17.3 Å². The monoisotopic (exact) mass is 762 g/mol. The minimum atomic E-state index is -6.69. The van der Waals surface area contributed by atoms with Crippen LogP contribution in [0.15, 0.2) is 106 Å². The molecule has 2 unspecified atom stereocenters. The molecular formula is C35H33F7O7S2. The van der Waals surface area contributed by atoms with Crippen molar-refractivity contribution in [1.29, 1.82) is 0 Å². The fourth-order valence-electron chi connectivity index (χ4n) is 7.62. The smallest absolute Gasteiger partial charge is 0.490 e. The molecule has 0 N–H and O–H groups in total. The predicted octanol–water partition coefficient (Wildman–Crippen LogP) is 7.92. The molecule has 0 heterocycles. The Hall–Kier alpha value is -3.63. The Morgan fingerprint density at radius 1 is 0.745 bits per heavy atom. The van der Waals surface area contributed by atoms with Gasteiger partial charge in [0.25, 0.3) is 0 Å². The van der Waals surface area contributed by atoms with Gasteiger partial charge in [-0.1, -0.05) is 54.6 Å². The second-order valence-corrected chi connectivity index (χ2v) is 16.6. The Morgan fingerprint density at radius 3 is 1.57 bits per heavy atom. The van der Waals surface area contributed by atoms with E-state index in [9.17, 15) is 53.3 Å². The molecular weight excluding hydrogens is 729 g/mol. The molecule has 4 aliphatic carbocycles. The van der Waals surface area contributed by atoms with Crippen LogP contribution in [0, 0.1) is 17.3 Å². The van der Waals surface area contributed by atoms with Crippen molar-refractivity contribution < 1.29 is 62.8 Å². The highest BCUT2D eigenvalue weighted by Gasteiger charge is 2.65. The largest absolute Gasteiger partial charge is 0.743 e. The molecule has 4 aliphatic rings. The number of hydrogen-bond donors (Lipinski definition) is 0. The Labute approximate surface area is 292 Å². The lowest BCUT2D eigenvalue weighted by molar-refractivity contribution is -0.241. The summed E-state index contributed by atoms with van der Waals surface area (Å²) in [5.74, 6) is -9.45. The summed E-state index contributed by atoms with van der Waals surface area (Å²) >= 11 is 0. The molecule has 276 valence electrons. The summed E-state index contributed by atoms with van der Waals surface area (Å²) in [7, 11) is -6.71. The summed E-state index contributed by atoms with van der Waals surface area (Å²) in [5, 5.41) is -5.93. The van der Waals surface area contributed by atoms with Gasteiger partial charge in [0.05, 0.1) is 29.3 Å². The number of benzene rings is 3. The Morgan fingerprint density at radius 2 is 1.18 bits per heavy atom. The average molecular weight is 763 g/mol. The summed E-state index contributed by atoms with van der Waals surface area (Å²) < 4.78 is 132. The number of hydrogen-bond acceptors (Lipinski definition) is 7. The van der Waals surface area contributed by atoms with E-state index in [1.807, 2.05) is 0 Å². The normalized spacial score (nSPS) is 24.4. The fourth-order valence-corrected chi connectivity index (χ4v) is 10.2. The summed E-state index contributed by atoms with van der Waals surface area (Å²) in [4.78, 5) is 28.1. The van der Waals surface area contributed by atoms with Gasteiger partial charge in [-0.3, -0.25) is 4.79 Å². The first-order chi connectivity index (χ1) is 23.8. The quantitative estimate of drug-likeness (QED) is 0.0894. The third-order valence-electron chi connectivity index (χ3n) is 9.31. The summed E-state index contributed by atoms with van der Waals surface area (Å²) in [6.07, 6.45) is -6.55. The number of halogens is 7. The summed E-state index contributed by atoms with van der Waals surface area (Å²) in [5.41, 5.74) is -3.03. The van der Waals surface area contributed by atoms with E-state index in [0.29, 0.717) is 6.42 Å². The van der Waals surface area contributed by atoms with Crippen molar-refractivity contribution in [3.8, 4) is 0 Å². The maximum absolute atomic E-state index is 13.5. The van der Waals surface area contributed by atoms with Crippen LogP contribution in [-0.4, -0.2) is 54.5 Å². The van der Waals surface area contributed by atoms with Crippen LogP contribution >= 0.6 is 0 Å². The van der Waals surface area contributed by atoms with Crippen molar-refractivity contribution in [3.05, 3.63) is 91.0 Å². The number of alkyl halides is 7. The van der Waals surface area contributed by atoms with E-state index in [-0.39, 0.29) is 54.8 Å². The Bertz CT molecular complexity index is 1680. The number of ether oxygens (including phenoxy) is 2. The number of carbonyl (C=O) groups is 2. The molecule has 51 heavy (non-hydrogen) atoms. The second-order valence-electron chi connectivity index (χ2n) is 13.1. The minimum absolute atomic E-state index is 0.0146. The third-order valence-corrected chi connectivity index (χ3v) is 12.5. The topological polar surface area (TPSA) is 110 Å². The van der Waals surface area contributed by atoms with Crippen molar-refractivity contribution in [3.63, 3.8) is 0 Å². The highest BCUT2D eigenvalue weighted by atomic mass is 32.2. The van der Waals surface area contributed by atoms with Crippen molar-refractivity contribution in [2.75, 3.05) is 6.61 Å². The van der Waals surface area contributed by atoms with Crippen LogP contribution in [0.3, 0.4) is 0 Å². The zero-order valence-corrected chi connectivity index (χ0v) is 28.4. The van der Waals surface area contributed by atoms with Gasteiger partial charge in [-0.2, -0.15) is 30.7 Å². The van der Waals surface area contributed by atoms with Crippen LogP contribution in [0.2, 0.25) is 0 Å². The zero-order chi connectivity index (χ0) is 37.3. The van der Waals surface area contributed by atoms with Gasteiger partial charge in [-0.05, 0) is 80.3 Å². The molecule has 7 rings (SSSR count). The van der Waals surface area contributed by atoms with Gasteiger partial charge < -0.3 is 14.0 Å². The Balaban J connectivity index is 0.000000224. The van der Waals surface area contributed by atoms with Gasteiger partial charge in [0.1, 0.15) is 5.60 Å². The lowest BCUT2D eigenvalue weighted by Gasteiger charge is -2.59. The third kappa shape index (κ3) is 8.38. The van der Waals surface area contributed by atoms with E-state index in [1.165, 1.54) is 14.7 Å². The zero-order valence-electron chi connectivity index (χ0n) is 26.8. The first-order valence-corrected chi connectivity index (χ1v) is 18.5. The van der Waals surface area contributed by atoms with Gasteiger partial charge in [-0.15, -0.1) is 0 Å². The molecule has 0 aliphatic heterocycles. The molecule has 4 bridgehead atoms. The van der Waals surface area contributed by atoms with E-state index in [2.05, 4.69) is 95.7 Å².